The van der Waals surface area contributed by atoms with Gasteiger partial charge in [-0.15, -0.1) is 0 Å². The summed E-state index contributed by atoms with van der Waals surface area (Å²) in [5.41, 5.74) is 0. The van der Waals surface area contributed by atoms with E-state index in [4.69, 9.17) is 9.47 Å². The van der Waals surface area contributed by atoms with Gasteiger partial charge in [0.15, 0.2) is 0 Å². The molecule has 0 spiro atoms. The van der Waals surface area contributed by atoms with Crippen molar-refractivity contribution in [2.24, 2.45) is 0 Å². The number of hydrogen-bond donors (Lipinski definition) is 0. The number of nitrogens with zero attached hydrogens (tertiary/aromatic N) is 1. The highest BCUT2D eigenvalue weighted by atomic mass is 28.2. The molecule has 0 aromatic carbocycles. The monoisotopic (exact) mass is 458 g/mol. The van der Waals surface area contributed by atoms with Gasteiger partial charge in [-0.25, -0.2) is 0 Å². The van der Waals surface area contributed by atoms with Crippen LogP contribution >= 0.6 is 0 Å². The van der Waals surface area contributed by atoms with E-state index in [1.54, 1.807) is 14.2 Å². The molecule has 0 radical (unpaired) electrons. The fourth-order valence-corrected chi connectivity index (χ4v) is 6.01. The van der Waals surface area contributed by atoms with Gasteiger partial charge in [0, 0.05) is 14.2 Å². The van der Waals surface area contributed by atoms with Crippen molar-refractivity contribution in [1.29, 1.82) is 0 Å². The summed E-state index contributed by atoms with van der Waals surface area (Å²) in [5.74, 6) is 0.130. The highest BCUT2D eigenvalue weighted by Gasteiger charge is 2.13. The van der Waals surface area contributed by atoms with Crippen LogP contribution in [0.5, 0.6) is 0 Å². The predicted octanol–water partition coefficient (Wildman–Crippen LogP) is 7.27. The van der Waals surface area contributed by atoms with Gasteiger partial charge in [-0.1, -0.05) is 103 Å². The van der Waals surface area contributed by atoms with Crippen molar-refractivity contribution < 1.29 is 14.0 Å². The van der Waals surface area contributed by atoms with Crippen molar-refractivity contribution in [1.82, 2.24) is 0 Å². The van der Waals surface area contributed by atoms with Crippen molar-refractivity contribution in [3.8, 4) is 0 Å². The smallest absolute Gasteiger partial charge is 0.134 e. The maximum Gasteiger partial charge on any atom is 0.134 e. The summed E-state index contributed by atoms with van der Waals surface area (Å²) in [6, 6.07) is 1.36. The molecule has 4 heteroatoms. The summed E-state index contributed by atoms with van der Waals surface area (Å²) in [4.78, 5) is 0. The molecule has 188 valence electrons. The van der Waals surface area contributed by atoms with E-state index in [2.05, 4.69) is 21.0 Å². The molecular weight excluding hydrogens is 398 g/mol. The third-order valence-corrected chi connectivity index (χ3v) is 8.89. The fraction of sp³-hybridized carbons (Fsp3) is 1.00. The predicted molar refractivity (Wildman–Crippen MR) is 142 cm³/mol. The zero-order valence-electron chi connectivity index (χ0n) is 22.4. The highest BCUT2D eigenvalue weighted by Crippen LogP contribution is 2.14. The Morgan fingerprint density at radius 2 is 0.903 bits per heavy atom. The Labute approximate surface area is 199 Å². The van der Waals surface area contributed by atoms with Gasteiger partial charge in [0.1, 0.15) is 5.91 Å². The Morgan fingerprint density at radius 3 is 1.29 bits per heavy atom. The van der Waals surface area contributed by atoms with Crippen molar-refractivity contribution >= 4 is 9.52 Å². The van der Waals surface area contributed by atoms with Crippen molar-refractivity contribution in [2.45, 2.75) is 134 Å². The lowest BCUT2D eigenvalue weighted by molar-refractivity contribution is -0.890. The minimum atomic E-state index is -0.207. The first kappa shape index (κ1) is 31.1. The summed E-state index contributed by atoms with van der Waals surface area (Å²) >= 11 is 0. The van der Waals surface area contributed by atoms with Crippen LogP contribution in [0.25, 0.3) is 0 Å². The molecule has 0 unspecified atom stereocenters. The van der Waals surface area contributed by atoms with Crippen molar-refractivity contribution in [3.63, 3.8) is 0 Å². The number of rotatable bonds is 25. The molecule has 0 aliphatic carbocycles. The molecule has 0 atom stereocenters. The van der Waals surface area contributed by atoms with Crippen LogP contribution in [0.15, 0.2) is 0 Å². The summed E-state index contributed by atoms with van der Waals surface area (Å²) < 4.78 is 11.8. The molecule has 3 nitrogen and oxygen atoms in total. The first-order valence-electron chi connectivity index (χ1n) is 13.9. The third kappa shape index (κ3) is 23.1. The van der Waals surface area contributed by atoms with Crippen LogP contribution in [0.1, 0.15) is 122 Å². The van der Waals surface area contributed by atoms with Gasteiger partial charge in [-0.05, 0) is 25.7 Å². The summed E-state index contributed by atoms with van der Waals surface area (Å²) in [7, 11) is 8.19. The molecule has 0 bridgehead atoms. The number of ether oxygens (including phenoxy) is 2. The number of methoxy groups -OCH3 is 2. The van der Waals surface area contributed by atoms with Crippen LogP contribution in [0, 0.1) is 0 Å². The Kier molecular flexibility index (Phi) is 23.3. The van der Waals surface area contributed by atoms with Gasteiger partial charge in [-0.3, -0.25) is 0 Å². The van der Waals surface area contributed by atoms with Crippen LogP contribution in [-0.4, -0.2) is 61.3 Å². The normalized spacial score (nSPS) is 12.6. The molecule has 0 N–H and O–H groups in total. The molecule has 0 rings (SSSR count). The Hall–Kier alpha value is 0.0969. The molecule has 0 heterocycles. The van der Waals surface area contributed by atoms with Gasteiger partial charge in [0.2, 0.25) is 0 Å². The maximum absolute atomic E-state index is 5.30. The average Bonchev–Trinajstić information content (AvgIpc) is 2.76. The minimum absolute atomic E-state index is 0.130. The minimum Gasteiger partial charge on any atom is -0.360 e. The second-order valence-corrected chi connectivity index (χ2v) is 12.4. The van der Waals surface area contributed by atoms with Gasteiger partial charge in [0.05, 0.1) is 36.7 Å². The standard InChI is InChI=1S/C27H60NO2Si/c1-6-7-8-9-10-11-12-13-14-15-18-21-24-28(2,3)25-22-19-16-17-20-23-26-31-27(29-4)30-5/h27H,6-26,31H2,1-5H3/q+1. The quantitative estimate of drug-likeness (QED) is 0.0620. The van der Waals surface area contributed by atoms with Gasteiger partial charge < -0.3 is 14.0 Å². The van der Waals surface area contributed by atoms with Crippen LogP contribution in [0.2, 0.25) is 6.04 Å². The molecule has 0 aromatic rings. The summed E-state index contributed by atoms with van der Waals surface area (Å²) in [6.07, 6.45) is 25.8. The van der Waals surface area contributed by atoms with Gasteiger partial charge >= 0.3 is 0 Å². The fourth-order valence-electron chi connectivity index (χ4n) is 4.56. The highest BCUT2D eigenvalue weighted by molar-refractivity contribution is 6.36. The first-order chi connectivity index (χ1) is 15.1. The molecule has 0 aliphatic heterocycles. The largest absolute Gasteiger partial charge is 0.360 e. The lowest BCUT2D eigenvalue weighted by Crippen LogP contribution is -2.41. The second kappa shape index (κ2) is 23.3. The maximum atomic E-state index is 5.30. The molecule has 0 saturated carbocycles. The van der Waals surface area contributed by atoms with E-state index < -0.39 is 0 Å². The Bertz CT molecular complexity index is 348. The van der Waals surface area contributed by atoms with E-state index >= 15 is 0 Å². The number of quaternary nitrogens is 1. The first-order valence-corrected chi connectivity index (χ1v) is 15.7. The van der Waals surface area contributed by atoms with Crippen LogP contribution in [-0.2, 0) is 9.47 Å². The molecule has 0 aromatic heterocycles. The van der Waals surface area contributed by atoms with E-state index in [0.717, 1.165) is 0 Å². The summed E-state index contributed by atoms with van der Waals surface area (Å²) in [5, 5.41) is 0. The van der Waals surface area contributed by atoms with E-state index in [1.165, 1.54) is 139 Å². The molecule has 0 aliphatic rings. The Morgan fingerprint density at radius 1 is 0.548 bits per heavy atom. The number of hydrogen-bond acceptors (Lipinski definition) is 2. The van der Waals surface area contributed by atoms with Crippen LogP contribution < -0.4 is 0 Å². The van der Waals surface area contributed by atoms with Crippen molar-refractivity contribution in [3.05, 3.63) is 0 Å². The van der Waals surface area contributed by atoms with E-state index in [9.17, 15) is 0 Å². The lowest BCUT2D eigenvalue weighted by Gasteiger charge is -2.30. The Balaban J connectivity index is 3.36. The summed E-state index contributed by atoms with van der Waals surface area (Å²) in [6.45, 7) is 5.02. The van der Waals surface area contributed by atoms with E-state index in [-0.39, 0.29) is 15.4 Å². The second-order valence-electron chi connectivity index (χ2n) is 10.4. The van der Waals surface area contributed by atoms with E-state index in [0.29, 0.717) is 0 Å². The lowest BCUT2D eigenvalue weighted by atomic mass is 10.1. The van der Waals surface area contributed by atoms with Crippen LogP contribution in [0.4, 0.5) is 0 Å². The molecule has 0 fully saturated rings. The molecule has 0 saturated heterocycles. The van der Waals surface area contributed by atoms with E-state index in [1.807, 2.05) is 0 Å². The average molecular weight is 459 g/mol. The van der Waals surface area contributed by atoms with Gasteiger partial charge in [0.25, 0.3) is 0 Å². The SMILES string of the molecule is CCCCCCCCCCCCCC[N+](C)(C)CCCCCCCC[SiH2]C(OC)OC. The molecular formula is C27H60NO2Si+. The van der Waals surface area contributed by atoms with Gasteiger partial charge in [-0.2, -0.15) is 0 Å². The van der Waals surface area contributed by atoms with Crippen molar-refractivity contribution in [2.75, 3.05) is 41.4 Å². The van der Waals surface area contributed by atoms with Crippen LogP contribution in [0.3, 0.4) is 0 Å². The zero-order valence-corrected chi connectivity index (χ0v) is 23.8. The zero-order chi connectivity index (χ0) is 23.0. The topological polar surface area (TPSA) is 18.5 Å². The molecule has 0 amide bonds. The molecule has 31 heavy (non-hydrogen) atoms. The number of unbranched alkanes of at least 4 members (excludes halogenated alkanes) is 16. The third-order valence-electron chi connectivity index (χ3n) is 6.85.